The number of thiophene rings is 1. The summed E-state index contributed by atoms with van der Waals surface area (Å²) < 4.78 is 0. The largest absolute Gasteiger partial charge is 0.320 e. The third-order valence-electron chi connectivity index (χ3n) is 2.17. The fourth-order valence-corrected chi connectivity index (χ4v) is 2.21. The van der Waals surface area contributed by atoms with E-state index in [4.69, 9.17) is 17.3 Å². The highest BCUT2D eigenvalue weighted by atomic mass is 35.5. The molecular formula is C13H10ClN3OS. The maximum Gasteiger partial charge on any atom is 0.268 e. The lowest BCUT2D eigenvalue weighted by atomic mass is 10.2. The molecule has 3 N–H and O–H groups in total. The lowest BCUT2D eigenvalue weighted by Crippen LogP contribution is -2.12. The number of carbonyl (C=O) groups excluding carboxylic acids is 1. The summed E-state index contributed by atoms with van der Waals surface area (Å²) in [6, 6.07) is 5.09. The maximum absolute atomic E-state index is 12.1. The Hall–Kier alpha value is -1.87. The van der Waals surface area contributed by atoms with Crippen LogP contribution in [0.3, 0.4) is 0 Å². The fourth-order valence-electron chi connectivity index (χ4n) is 1.35. The summed E-state index contributed by atoms with van der Waals surface area (Å²) in [5, 5.41) is 5.02. The topological polar surface area (TPSA) is 68.0 Å². The molecule has 0 aromatic carbocycles. The van der Waals surface area contributed by atoms with Crippen LogP contribution in [0.4, 0.5) is 5.82 Å². The summed E-state index contributed by atoms with van der Waals surface area (Å²) in [6.07, 6.45) is 1.47. The average molecular weight is 292 g/mol. The normalized spacial score (nSPS) is 9.58. The number of aromatic nitrogens is 1. The van der Waals surface area contributed by atoms with Gasteiger partial charge in [-0.3, -0.25) is 4.79 Å². The van der Waals surface area contributed by atoms with E-state index in [1.165, 1.54) is 17.5 Å². The fraction of sp³-hybridized carbons (Fsp3) is 0.0769. The van der Waals surface area contributed by atoms with Crippen molar-refractivity contribution in [2.24, 2.45) is 5.73 Å². The van der Waals surface area contributed by atoms with E-state index < -0.39 is 0 Å². The summed E-state index contributed by atoms with van der Waals surface area (Å²) in [7, 11) is 0. The minimum absolute atomic E-state index is 0.244. The van der Waals surface area contributed by atoms with Crippen molar-refractivity contribution >= 4 is 34.7 Å². The molecule has 96 valence electrons. The van der Waals surface area contributed by atoms with E-state index in [1.807, 2.05) is 5.38 Å². The molecule has 6 heteroatoms. The van der Waals surface area contributed by atoms with E-state index >= 15 is 0 Å². The Morgan fingerprint density at radius 2 is 2.32 bits per heavy atom. The number of nitrogens with one attached hydrogen (secondary N) is 1. The molecule has 1 amide bonds. The average Bonchev–Trinajstić information content (AvgIpc) is 2.87. The first-order chi connectivity index (χ1) is 9.20. The van der Waals surface area contributed by atoms with Crippen molar-refractivity contribution in [1.29, 1.82) is 0 Å². The van der Waals surface area contributed by atoms with Gasteiger partial charge in [0, 0.05) is 11.8 Å². The van der Waals surface area contributed by atoms with Crippen molar-refractivity contribution in [1.82, 2.24) is 4.98 Å². The molecule has 0 bridgehead atoms. The van der Waals surface area contributed by atoms with Gasteiger partial charge in [0.25, 0.3) is 5.91 Å². The molecule has 0 aliphatic rings. The quantitative estimate of drug-likeness (QED) is 0.835. The van der Waals surface area contributed by atoms with E-state index in [1.54, 1.807) is 18.2 Å². The van der Waals surface area contributed by atoms with Crippen LogP contribution in [0.2, 0.25) is 5.02 Å². The zero-order valence-electron chi connectivity index (χ0n) is 9.81. The molecule has 2 heterocycles. The van der Waals surface area contributed by atoms with E-state index in [-0.39, 0.29) is 12.5 Å². The van der Waals surface area contributed by atoms with Gasteiger partial charge in [0.2, 0.25) is 0 Å². The molecule has 0 fully saturated rings. The summed E-state index contributed by atoms with van der Waals surface area (Å²) in [5.41, 5.74) is 5.98. The lowest BCUT2D eigenvalue weighted by Gasteiger charge is -2.02. The zero-order valence-corrected chi connectivity index (χ0v) is 11.4. The molecular weight excluding hydrogens is 282 g/mol. The lowest BCUT2D eigenvalue weighted by molar-refractivity contribution is 0.103. The second-order valence-electron chi connectivity index (χ2n) is 3.49. The van der Waals surface area contributed by atoms with Gasteiger partial charge < -0.3 is 11.1 Å². The van der Waals surface area contributed by atoms with Gasteiger partial charge >= 0.3 is 0 Å². The minimum Gasteiger partial charge on any atom is -0.320 e. The highest BCUT2D eigenvalue weighted by Gasteiger charge is 2.12. The van der Waals surface area contributed by atoms with Crippen LogP contribution in [0.25, 0.3) is 0 Å². The van der Waals surface area contributed by atoms with E-state index in [0.717, 1.165) is 0 Å². The first-order valence-electron chi connectivity index (χ1n) is 5.40. The molecule has 2 aromatic rings. The van der Waals surface area contributed by atoms with Gasteiger partial charge in [-0.05, 0) is 23.6 Å². The number of amides is 1. The standard InChI is InChI=1S/C13H10ClN3OS/c14-10-3-4-11(16-8-10)17-13(18)12-9(2-1-6-15)5-7-19-12/h3-5,7-8H,6,15H2,(H,16,17,18). The minimum atomic E-state index is -0.244. The second kappa shape index (κ2) is 6.34. The Morgan fingerprint density at radius 1 is 1.47 bits per heavy atom. The van der Waals surface area contributed by atoms with Crippen LogP contribution < -0.4 is 11.1 Å². The smallest absolute Gasteiger partial charge is 0.268 e. The number of nitrogens with zero attached hydrogens (tertiary/aromatic N) is 1. The van der Waals surface area contributed by atoms with Gasteiger partial charge in [-0.1, -0.05) is 23.4 Å². The van der Waals surface area contributed by atoms with Gasteiger partial charge in [-0.2, -0.15) is 0 Å². The number of nitrogens with two attached hydrogens (primary N) is 1. The number of halogens is 1. The Bertz CT molecular complexity index is 640. The van der Waals surface area contributed by atoms with Gasteiger partial charge in [0.1, 0.15) is 10.7 Å². The Kier molecular flexibility index (Phi) is 4.53. The molecule has 0 aliphatic carbocycles. The summed E-state index contributed by atoms with van der Waals surface area (Å²) in [5.74, 6) is 5.79. The zero-order chi connectivity index (χ0) is 13.7. The number of anilines is 1. The molecule has 0 spiro atoms. The van der Waals surface area contributed by atoms with Crippen molar-refractivity contribution < 1.29 is 4.79 Å². The number of rotatable bonds is 2. The number of hydrogen-bond donors (Lipinski definition) is 2. The summed E-state index contributed by atoms with van der Waals surface area (Å²) in [4.78, 5) is 16.6. The molecule has 2 aromatic heterocycles. The monoisotopic (exact) mass is 291 g/mol. The molecule has 0 saturated heterocycles. The van der Waals surface area contributed by atoms with Gasteiger partial charge in [0.05, 0.1) is 11.6 Å². The molecule has 0 unspecified atom stereocenters. The van der Waals surface area contributed by atoms with Crippen LogP contribution in [-0.4, -0.2) is 17.4 Å². The first kappa shape index (κ1) is 13.6. The van der Waals surface area contributed by atoms with Crippen molar-refractivity contribution in [3.8, 4) is 11.8 Å². The van der Waals surface area contributed by atoms with E-state index in [2.05, 4.69) is 22.1 Å². The predicted octanol–water partition coefficient (Wildman–Crippen LogP) is 2.36. The molecule has 0 aliphatic heterocycles. The first-order valence-corrected chi connectivity index (χ1v) is 6.66. The third-order valence-corrected chi connectivity index (χ3v) is 3.30. The molecule has 19 heavy (non-hydrogen) atoms. The molecule has 2 rings (SSSR count). The number of carbonyl (C=O) groups is 1. The number of hydrogen-bond acceptors (Lipinski definition) is 4. The van der Waals surface area contributed by atoms with Gasteiger partial charge in [0.15, 0.2) is 0 Å². The summed E-state index contributed by atoms with van der Waals surface area (Å²) in [6.45, 7) is 0.260. The number of pyridine rings is 1. The van der Waals surface area contributed by atoms with Crippen LogP contribution in [-0.2, 0) is 0 Å². The van der Waals surface area contributed by atoms with Crippen LogP contribution >= 0.6 is 22.9 Å². The van der Waals surface area contributed by atoms with Crippen LogP contribution in [0, 0.1) is 11.8 Å². The van der Waals surface area contributed by atoms with Crippen LogP contribution in [0.15, 0.2) is 29.8 Å². The molecule has 0 saturated carbocycles. The Balaban J connectivity index is 2.16. The second-order valence-corrected chi connectivity index (χ2v) is 4.84. The Labute approximate surface area is 119 Å². The molecule has 0 atom stereocenters. The highest BCUT2D eigenvalue weighted by Crippen LogP contribution is 2.18. The van der Waals surface area contributed by atoms with Gasteiger partial charge in [-0.15, -0.1) is 11.3 Å². The van der Waals surface area contributed by atoms with Crippen molar-refractivity contribution in [3.05, 3.63) is 45.2 Å². The SMILES string of the molecule is NCC#Cc1ccsc1C(=O)Nc1ccc(Cl)cn1. The van der Waals surface area contributed by atoms with Crippen molar-refractivity contribution in [2.75, 3.05) is 11.9 Å². The van der Waals surface area contributed by atoms with Crippen molar-refractivity contribution in [2.45, 2.75) is 0 Å². The summed E-state index contributed by atoms with van der Waals surface area (Å²) >= 11 is 7.05. The van der Waals surface area contributed by atoms with Crippen LogP contribution in [0.1, 0.15) is 15.2 Å². The predicted molar refractivity (Wildman–Crippen MR) is 77.5 cm³/mol. The Morgan fingerprint density at radius 3 is 3.00 bits per heavy atom. The maximum atomic E-state index is 12.1. The van der Waals surface area contributed by atoms with Crippen molar-refractivity contribution in [3.63, 3.8) is 0 Å². The molecule has 0 radical (unpaired) electrons. The third kappa shape index (κ3) is 3.55. The highest BCUT2D eigenvalue weighted by molar-refractivity contribution is 7.12. The van der Waals surface area contributed by atoms with Gasteiger partial charge in [-0.25, -0.2) is 4.98 Å². The van der Waals surface area contributed by atoms with E-state index in [0.29, 0.717) is 21.3 Å². The van der Waals surface area contributed by atoms with Crippen LogP contribution in [0.5, 0.6) is 0 Å². The van der Waals surface area contributed by atoms with E-state index in [9.17, 15) is 4.79 Å². The molecule has 4 nitrogen and oxygen atoms in total.